The summed E-state index contributed by atoms with van der Waals surface area (Å²) in [5, 5.41) is 0.323. The van der Waals surface area contributed by atoms with Gasteiger partial charge in [0.05, 0.1) is 19.9 Å². The van der Waals surface area contributed by atoms with Gasteiger partial charge in [0.1, 0.15) is 16.4 Å². The van der Waals surface area contributed by atoms with Crippen molar-refractivity contribution in [2.24, 2.45) is 0 Å². The Morgan fingerprint density at radius 3 is 2.45 bits per heavy atom. The highest BCUT2D eigenvalue weighted by atomic mass is 35.5. The van der Waals surface area contributed by atoms with E-state index >= 15 is 0 Å². The zero-order valence-electron chi connectivity index (χ0n) is 12.4. The number of sulfonamides is 1. The van der Waals surface area contributed by atoms with Crippen LogP contribution >= 0.6 is 11.6 Å². The first kappa shape index (κ1) is 16.5. The average Bonchev–Trinajstić information content (AvgIpc) is 2.46. The molecular weight excluding hydrogens is 326 g/mol. The van der Waals surface area contributed by atoms with E-state index in [1.54, 1.807) is 37.3 Å². The van der Waals surface area contributed by atoms with Gasteiger partial charge in [0.25, 0.3) is 10.0 Å². The Labute approximate surface area is 134 Å². The highest BCUT2D eigenvalue weighted by molar-refractivity contribution is 7.92. The number of halogens is 1. The summed E-state index contributed by atoms with van der Waals surface area (Å²) in [5.41, 5.74) is 1.03. The first-order valence-electron chi connectivity index (χ1n) is 6.38. The lowest BCUT2D eigenvalue weighted by atomic mass is 10.2. The molecule has 0 aromatic heterocycles. The van der Waals surface area contributed by atoms with Crippen molar-refractivity contribution < 1.29 is 17.9 Å². The largest absolute Gasteiger partial charge is 0.497 e. The molecule has 7 heteroatoms. The zero-order chi connectivity index (χ0) is 16.3. The molecule has 0 bridgehead atoms. The Bertz CT molecular complexity index is 790. The van der Waals surface area contributed by atoms with E-state index in [-0.39, 0.29) is 10.6 Å². The Hall–Kier alpha value is -1.92. The maximum Gasteiger partial charge on any atom is 0.265 e. The number of hydrogen-bond acceptors (Lipinski definition) is 4. The summed E-state index contributed by atoms with van der Waals surface area (Å²) < 4.78 is 38.0. The standard InChI is InChI=1S/C15H16ClNO4S/c1-10-7-11(16)8-14(15(10)21-3)22(18,19)17-12-5-4-6-13(9-12)20-2/h4-9,17H,1-3H3. The number of aryl methyl sites for hydroxylation is 1. The number of nitrogens with one attached hydrogen (secondary N) is 1. The van der Waals surface area contributed by atoms with Gasteiger partial charge < -0.3 is 9.47 Å². The molecule has 5 nitrogen and oxygen atoms in total. The summed E-state index contributed by atoms with van der Waals surface area (Å²) >= 11 is 5.97. The lowest BCUT2D eigenvalue weighted by molar-refractivity contribution is 0.399. The lowest BCUT2D eigenvalue weighted by Gasteiger charge is -2.14. The molecular formula is C15H16ClNO4S. The maximum atomic E-state index is 12.6. The molecule has 0 aliphatic heterocycles. The molecule has 22 heavy (non-hydrogen) atoms. The second-order valence-electron chi connectivity index (χ2n) is 4.59. The molecule has 0 spiro atoms. The molecule has 0 unspecified atom stereocenters. The number of hydrogen-bond donors (Lipinski definition) is 1. The molecule has 2 rings (SSSR count). The van der Waals surface area contributed by atoms with Crippen LogP contribution in [-0.2, 0) is 10.0 Å². The van der Waals surface area contributed by atoms with Gasteiger partial charge in [-0.25, -0.2) is 8.42 Å². The number of ether oxygens (including phenoxy) is 2. The lowest BCUT2D eigenvalue weighted by Crippen LogP contribution is -2.14. The quantitative estimate of drug-likeness (QED) is 0.904. The predicted molar refractivity (Wildman–Crippen MR) is 86.5 cm³/mol. The van der Waals surface area contributed by atoms with Crippen LogP contribution in [-0.4, -0.2) is 22.6 Å². The molecule has 1 N–H and O–H groups in total. The number of methoxy groups -OCH3 is 2. The molecule has 0 fully saturated rings. The first-order valence-corrected chi connectivity index (χ1v) is 8.24. The van der Waals surface area contributed by atoms with Gasteiger partial charge in [-0.2, -0.15) is 0 Å². The van der Waals surface area contributed by atoms with E-state index < -0.39 is 10.0 Å². The zero-order valence-corrected chi connectivity index (χ0v) is 14.0. The molecule has 0 heterocycles. The van der Waals surface area contributed by atoms with Gasteiger partial charge in [-0.15, -0.1) is 0 Å². The second kappa shape index (κ2) is 6.46. The second-order valence-corrected chi connectivity index (χ2v) is 6.68. The highest BCUT2D eigenvalue weighted by Crippen LogP contribution is 2.32. The number of rotatable bonds is 5. The third-order valence-electron chi connectivity index (χ3n) is 3.02. The van der Waals surface area contributed by atoms with Gasteiger partial charge in [0.2, 0.25) is 0 Å². The SMILES string of the molecule is COc1cccc(NS(=O)(=O)c2cc(Cl)cc(C)c2OC)c1. The molecule has 0 saturated heterocycles. The van der Waals surface area contributed by atoms with Crippen molar-refractivity contribution in [1.29, 1.82) is 0 Å². The van der Waals surface area contributed by atoms with E-state index in [0.29, 0.717) is 22.0 Å². The minimum atomic E-state index is -3.84. The van der Waals surface area contributed by atoms with Crippen LogP contribution in [0.5, 0.6) is 11.5 Å². The van der Waals surface area contributed by atoms with Crippen LogP contribution in [0.15, 0.2) is 41.3 Å². The van der Waals surface area contributed by atoms with Gasteiger partial charge in [0, 0.05) is 11.1 Å². The van der Waals surface area contributed by atoms with Crippen molar-refractivity contribution >= 4 is 27.3 Å². The van der Waals surface area contributed by atoms with Crippen molar-refractivity contribution in [2.75, 3.05) is 18.9 Å². The fourth-order valence-electron chi connectivity index (χ4n) is 2.06. The monoisotopic (exact) mass is 341 g/mol. The normalized spacial score (nSPS) is 11.1. The smallest absolute Gasteiger partial charge is 0.265 e. The fraction of sp³-hybridized carbons (Fsp3) is 0.200. The molecule has 2 aromatic carbocycles. The molecule has 0 aliphatic rings. The van der Waals surface area contributed by atoms with E-state index in [2.05, 4.69) is 4.72 Å². The van der Waals surface area contributed by atoms with Crippen LogP contribution < -0.4 is 14.2 Å². The predicted octanol–water partition coefficient (Wildman–Crippen LogP) is 3.47. The minimum absolute atomic E-state index is 0.0113. The van der Waals surface area contributed by atoms with Gasteiger partial charge >= 0.3 is 0 Å². The highest BCUT2D eigenvalue weighted by Gasteiger charge is 2.22. The average molecular weight is 342 g/mol. The van der Waals surface area contributed by atoms with Crippen LogP contribution in [0.4, 0.5) is 5.69 Å². The van der Waals surface area contributed by atoms with E-state index in [9.17, 15) is 8.42 Å². The van der Waals surface area contributed by atoms with Crippen LogP contribution in [0.25, 0.3) is 0 Å². The Morgan fingerprint density at radius 2 is 1.82 bits per heavy atom. The maximum absolute atomic E-state index is 12.6. The topological polar surface area (TPSA) is 64.6 Å². The van der Waals surface area contributed by atoms with Crippen LogP contribution in [0.2, 0.25) is 5.02 Å². The molecule has 0 radical (unpaired) electrons. The van der Waals surface area contributed by atoms with E-state index in [1.165, 1.54) is 20.3 Å². The molecule has 2 aromatic rings. The molecule has 0 amide bonds. The molecule has 0 aliphatic carbocycles. The number of anilines is 1. The van der Waals surface area contributed by atoms with Crippen molar-refractivity contribution in [1.82, 2.24) is 0 Å². The molecule has 0 saturated carbocycles. The van der Waals surface area contributed by atoms with Gasteiger partial charge in [0.15, 0.2) is 0 Å². The Morgan fingerprint density at radius 1 is 1.09 bits per heavy atom. The van der Waals surface area contributed by atoms with Crippen LogP contribution in [0.3, 0.4) is 0 Å². The molecule has 0 atom stereocenters. The van der Waals surface area contributed by atoms with Crippen molar-refractivity contribution in [3.05, 3.63) is 47.0 Å². The summed E-state index contributed by atoms with van der Waals surface area (Å²) in [7, 11) is -0.913. The van der Waals surface area contributed by atoms with E-state index in [1.807, 2.05) is 0 Å². The summed E-state index contributed by atoms with van der Waals surface area (Å²) in [6.07, 6.45) is 0. The Balaban J connectivity index is 2.46. The van der Waals surface area contributed by atoms with E-state index in [4.69, 9.17) is 21.1 Å². The first-order chi connectivity index (χ1) is 10.4. The van der Waals surface area contributed by atoms with Crippen molar-refractivity contribution in [3.63, 3.8) is 0 Å². The summed E-state index contributed by atoms with van der Waals surface area (Å²) in [4.78, 5) is -0.0113. The van der Waals surface area contributed by atoms with E-state index in [0.717, 1.165) is 0 Å². The summed E-state index contributed by atoms with van der Waals surface area (Å²) in [5.74, 6) is 0.814. The fourth-order valence-corrected chi connectivity index (χ4v) is 3.71. The van der Waals surface area contributed by atoms with Crippen molar-refractivity contribution in [3.8, 4) is 11.5 Å². The minimum Gasteiger partial charge on any atom is -0.497 e. The van der Waals surface area contributed by atoms with Gasteiger partial charge in [-0.05, 0) is 36.8 Å². The Kier molecular flexibility index (Phi) is 4.83. The van der Waals surface area contributed by atoms with Crippen LogP contribution in [0, 0.1) is 6.92 Å². The summed E-state index contributed by atoms with van der Waals surface area (Å²) in [6.45, 7) is 1.73. The molecule has 118 valence electrons. The summed E-state index contributed by atoms with van der Waals surface area (Å²) in [6, 6.07) is 9.63. The van der Waals surface area contributed by atoms with Crippen LogP contribution in [0.1, 0.15) is 5.56 Å². The van der Waals surface area contributed by atoms with Gasteiger partial charge in [-0.1, -0.05) is 17.7 Å². The number of benzene rings is 2. The third-order valence-corrected chi connectivity index (χ3v) is 4.63. The third kappa shape index (κ3) is 3.45. The van der Waals surface area contributed by atoms with Gasteiger partial charge in [-0.3, -0.25) is 4.72 Å². The van der Waals surface area contributed by atoms with Crippen molar-refractivity contribution in [2.45, 2.75) is 11.8 Å².